The minimum atomic E-state index is -0.762. The molecular weight excluding hydrogens is 184 g/mol. The number of likely N-dealkylation sites (tertiary alicyclic amines) is 1. The molecule has 2 heterocycles. The molecule has 5 nitrogen and oxygen atoms in total. The van der Waals surface area contributed by atoms with Gasteiger partial charge < -0.3 is 10.4 Å². The van der Waals surface area contributed by atoms with Crippen LogP contribution in [0, 0.1) is 0 Å². The molecule has 0 radical (unpaired) electrons. The summed E-state index contributed by atoms with van der Waals surface area (Å²) in [5, 5.41) is 11.7. The van der Waals surface area contributed by atoms with Gasteiger partial charge in [0.15, 0.2) is 0 Å². The molecule has 0 aromatic heterocycles. The molecule has 0 aromatic carbocycles. The average molecular weight is 198 g/mol. The van der Waals surface area contributed by atoms with Crippen LogP contribution in [-0.2, 0) is 9.59 Å². The fourth-order valence-corrected chi connectivity index (χ4v) is 2.32. The second-order valence-corrected chi connectivity index (χ2v) is 3.90. The molecule has 2 atom stereocenters. The lowest BCUT2D eigenvalue weighted by Crippen LogP contribution is -2.44. The Balaban J connectivity index is 2.02. The van der Waals surface area contributed by atoms with Crippen molar-refractivity contribution in [2.45, 2.75) is 31.3 Å². The van der Waals surface area contributed by atoms with Crippen molar-refractivity contribution in [2.24, 2.45) is 0 Å². The van der Waals surface area contributed by atoms with E-state index in [4.69, 9.17) is 5.11 Å². The van der Waals surface area contributed by atoms with Gasteiger partial charge in [-0.15, -0.1) is 0 Å². The Kier molecular flexibility index (Phi) is 2.41. The highest BCUT2D eigenvalue weighted by atomic mass is 16.4. The first-order valence-electron chi connectivity index (χ1n) is 4.94. The second kappa shape index (κ2) is 3.57. The van der Waals surface area contributed by atoms with E-state index in [1.165, 1.54) is 0 Å². The molecule has 0 spiro atoms. The van der Waals surface area contributed by atoms with Crippen molar-refractivity contribution in [3.63, 3.8) is 0 Å². The Bertz CT molecular complexity index is 267. The number of carboxylic acid groups (broad SMARTS) is 1. The Morgan fingerprint density at radius 2 is 2.36 bits per heavy atom. The zero-order valence-electron chi connectivity index (χ0n) is 7.90. The van der Waals surface area contributed by atoms with Crippen LogP contribution in [0.3, 0.4) is 0 Å². The van der Waals surface area contributed by atoms with Gasteiger partial charge in [0.2, 0.25) is 5.91 Å². The SMILES string of the molecule is O=C1CC(N2CCCC2C(=O)O)CN1. The van der Waals surface area contributed by atoms with Gasteiger partial charge in [-0.25, -0.2) is 0 Å². The number of carboxylic acids is 1. The van der Waals surface area contributed by atoms with Crippen molar-refractivity contribution in [1.29, 1.82) is 0 Å². The van der Waals surface area contributed by atoms with Crippen LogP contribution in [0.15, 0.2) is 0 Å². The third-order valence-corrected chi connectivity index (χ3v) is 3.00. The number of nitrogens with one attached hydrogen (secondary N) is 1. The maximum atomic E-state index is 11.0. The standard InChI is InChI=1S/C9H14N2O3/c12-8-4-6(5-10-8)11-3-1-2-7(11)9(13)14/h6-7H,1-5H2,(H,10,12)(H,13,14). The van der Waals surface area contributed by atoms with Gasteiger partial charge in [0.05, 0.1) is 0 Å². The van der Waals surface area contributed by atoms with Crippen LogP contribution in [0.1, 0.15) is 19.3 Å². The summed E-state index contributed by atoms with van der Waals surface area (Å²) in [6.07, 6.45) is 2.07. The van der Waals surface area contributed by atoms with E-state index in [1.807, 2.05) is 4.90 Å². The monoisotopic (exact) mass is 198 g/mol. The van der Waals surface area contributed by atoms with Crippen LogP contribution in [-0.4, -0.2) is 47.1 Å². The Labute approximate surface area is 82.1 Å². The van der Waals surface area contributed by atoms with E-state index < -0.39 is 5.97 Å². The number of hydrogen-bond acceptors (Lipinski definition) is 3. The zero-order valence-corrected chi connectivity index (χ0v) is 7.90. The summed E-state index contributed by atoms with van der Waals surface area (Å²) in [6.45, 7) is 1.40. The molecule has 14 heavy (non-hydrogen) atoms. The minimum absolute atomic E-state index is 0.0334. The number of aliphatic carboxylic acids is 1. The number of hydrogen-bond donors (Lipinski definition) is 2. The molecule has 2 aliphatic heterocycles. The molecule has 0 saturated carbocycles. The van der Waals surface area contributed by atoms with E-state index in [2.05, 4.69) is 5.32 Å². The largest absolute Gasteiger partial charge is 0.480 e. The summed E-state index contributed by atoms with van der Waals surface area (Å²) in [5.74, 6) is -0.729. The first-order valence-corrected chi connectivity index (χ1v) is 4.94. The molecule has 2 unspecified atom stereocenters. The summed E-state index contributed by atoms with van der Waals surface area (Å²) in [6, 6.07) is -0.293. The quantitative estimate of drug-likeness (QED) is 0.623. The molecule has 2 rings (SSSR count). The van der Waals surface area contributed by atoms with Crippen molar-refractivity contribution >= 4 is 11.9 Å². The van der Waals surface area contributed by atoms with Gasteiger partial charge in [-0.05, 0) is 19.4 Å². The van der Waals surface area contributed by atoms with Gasteiger partial charge in [0.1, 0.15) is 6.04 Å². The summed E-state index contributed by atoms with van der Waals surface area (Å²) in [5.41, 5.74) is 0. The molecule has 5 heteroatoms. The number of nitrogens with zero attached hydrogens (tertiary/aromatic N) is 1. The molecule has 0 aliphatic carbocycles. The predicted octanol–water partition coefficient (Wildman–Crippen LogP) is -0.576. The normalized spacial score (nSPS) is 33.3. The Morgan fingerprint density at radius 1 is 1.57 bits per heavy atom. The molecule has 2 aliphatic rings. The van der Waals surface area contributed by atoms with Crippen LogP contribution < -0.4 is 5.32 Å². The van der Waals surface area contributed by atoms with E-state index in [0.717, 1.165) is 13.0 Å². The number of rotatable bonds is 2. The summed E-state index contributed by atoms with van der Waals surface area (Å²) < 4.78 is 0. The highest BCUT2D eigenvalue weighted by molar-refractivity contribution is 5.79. The molecule has 2 N–H and O–H groups in total. The van der Waals surface area contributed by atoms with Crippen molar-refractivity contribution in [1.82, 2.24) is 10.2 Å². The first-order chi connectivity index (χ1) is 6.68. The second-order valence-electron chi connectivity index (χ2n) is 3.90. The topological polar surface area (TPSA) is 69.6 Å². The smallest absolute Gasteiger partial charge is 0.320 e. The van der Waals surface area contributed by atoms with E-state index in [0.29, 0.717) is 19.4 Å². The van der Waals surface area contributed by atoms with Gasteiger partial charge in [-0.2, -0.15) is 0 Å². The third kappa shape index (κ3) is 1.59. The van der Waals surface area contributed by atoms with Crippen LogP contribution in [0.5, 0.6) is 0 Å². The third-order valence-electron chi connectivity index (χ3n) is 3.00. The molecule has 2 saturated heterocycles. The highest BCUT2D eigenvalue weighted by Crippen LogP contribution is 2.23. The maximum Gasteiger partial charge on any atom is 0.320 e. The van der Waals surface area contributed by atoms with Gasteiger partial charge >= 0.3 is 5.97 Å². The van der Waals surface area contributed by atoms with Crippen molar-refractivity contribution in [3.05, 3.63) is 0 Å². The Hall–Kier alpha value is -1.10. The fraction of sp³-hybridized carbons (Fsp3) is 0.778. The number of carbonyl (C=O) groups excluding carboxylic acids is 1. The molecule has 2 fully saturated rings. The summed E-state index contributed by atoms with van der Waals surface area (Å²) >= 11 is 0. The van der Waals surface area contributed by atoms with Crippen LogP contribution in [0.4, 0.5) is 0 Å². The van der Waals surface area contributed by atoms with E-state index in [9.17, 15) is 9.59 Å². The van der Waals surface area contributed by atoms with Crippen molar-refractivity contribution < 1.29 is 14.7 Å². The van der Waals surface area contributed by atoms with Gasteiger partial charge in [-0.1, -0.05) is 0 Å². The molecular formula is C9H14N2O3. The lowest BCUT2D eigenvalue weighted by molar-refractivity contribution is -0.143. The van der Waals surface area contributed by atoms with E-state index in [-0.39, 0.29) is 18.0 Å². The van der Waals surface area contributed by atoms with Gasteiger partial charge in [0, 0.05) is 19.0 Å². The Morgan fingerprint density at radius 3 is 2.93 bits per heavy atom. The number of amides is 1. The summed E-state index contributed by atoms with van der Waals surface area (Å²) in [7, 11) is 0. The summed E-state index contributed by atoms with van der Waals surface area (Å²) in [4.78, 5) is 23.8. The fourth-order valence-electron chi connectivity index (χ4n) is 2.32. The van der Waals surface area contributed by atoms with Crippen molar-refractivity contribution in [2.75, 3.05) is 13.1 Å². The van der Waals surface area contributed by atoms with Crippen LogP contribution in [0.2, 0.25) is 0 Å². The number of carbonyl (C=O) groups is 2. The van der Waals surface area contributed by atoms with Gasteiger partial charge in [-0.3, -0.25) is 14.5 Å². The maximum absolute atomic E-state index is 11.0. The molecule has 1 amide bonds. The zero-order chi connectivity index (χ0) is 10.1. The van der Waals surface area contributed by atoms with Gasteiger partial charge in [0.25, 0.3) is 0 Å². The van der Waals surface area contributed by atoms with E-state index >= 15 is 0 Å². The van der Waals surface area contributed by atoms with Crippen LogP contribution in [0.25, 0.3) is 0 Å². The van der Waals surface area contributed by atoms with Crippen molar-refractivity contribution in [3.8, 4) is 0 Å². The van der Waals surface area contributed by atoms with E-state index in [1.54, 1.807) is 0 Å². The minimum Gasteiger partial charge on any atom is -0.480 e. The predicted molar refractivity (Wildman–Crippen MR) is 48.8 cm³/mol. The molecule has 0 aromatic rings. The first kappa shape index (κ1) is 9.45. The average Bonchev–Trinajstić information content (AvgIpc) is 2.70. The van der Waals surface area contributed by atoms with Crippen LogP contribution >= 0.6 is 0 Å². The lowest BCUT2D eigenvalue weighted by atomic mass is 10.1. The lowest BCUT2D eigenvalue weighted by Gasteiger charge is -2.26. The molecule has 78 valence electrons. The molecule has 0 bridgehead atoms. The highest BCUT2D eigenvalue weighted by Gasteiger charge is 2.38.